The first-order chi connectivity index (χ1) is 12.2. The minimum Gasteiger partial charge on any atom is -0.355 e. The zero-order chi connectivity index (χ0) is 17.5. The smallest absolute Gasteiger partial charge is 0.224 e. The van der Waals surface area contributed by atoms with E-state index in [4.69, 9.17) is 0 Å². The van der Waals surface area contributed by atoms with Gasteiger partial charge in [0.05, 0.1) is 5.92 Å². The van der Waals surface area contributed by atoms with E-state index in [1.807, 2.05) is 18.2 Å². The third kappa shape index (κ3) is 5.58. The summed E-state index contributed by atoms with van der Waals surface area (Å²) >= 11 is 1.60. The summed E-state index contributed by atoms with van der Waals surface area (Å²) in [5, 5.41) is 3.07. The van der Waals surface area contributed by atoms with Crippen molar-refractivity contribution in [1.82, 2.24) is 9.62 Å². The lowest BCUT2D eigenvalue weighted by molar-refractivity contribution is -0.125. The van der Waals surface area contributed by atoms with Crippen molar-refractivity contribution in [3.05, 3.63) is 66.0 Å². The van der Waals surface area contributed by atoms with Gasteiger partial charge in [-0.15, -0.1) is 0 Å². The van der Waals surface area contributed by atoms with E-state index in [2.05, 4.69) is 21.8 Å². The van der Waals surface area contributed by atoms with Crippen LogP contribution in [0.25, 0.3) is 0 Å². The molecule has 2 aromatic rings. The summed E-state index contributed by atoms with van der Waals surface area (Å²) in [6.07, 6.45) is 2.79. The van der Waals surface area contributed by atoms with Crippen molar-refractivity contribution >= 4 is 17.9 Å². The van der Waals surface area contributed by atoms with Crippen molar-refractivity contribution in [2.24, 2.45) is 5.92 Å². The maximum absolute atomic E-state index is 13.0. The second-order valence-electron chi connectivity index (χ2n) is 6.30. The second kappa shape index (κ2) is 9.02. The van der Waals surface area contributed by atoms with E-state index in [1.54, 1.807) is 24.1 Å². The van der Waals surface area contributed by atoms with Gasteiger partial charge in [-0.05, 0) is 61.0 Å². The van der Waals surface area contributed by atoms with E-state index in [0.717, 1.165) is 37.2 Å². The van der Waals surface area contributed by atoms with Crippen LogP contribution >= 0.6 is 11.9 Å². The largest absolute Gasteiger partial charge is 0.355 e. The molecule has 1 atom stereocenters. The van der Waals surface area contributed by atoms with E-state index in [9.17, 15) is 9.18 Å². The topological polar surface area (TPSA) is 32.3 Å². The molecule has 1 aliphatic heterocycles. The SMILES string of the molecule is O=C(NCCc1ccccc1)C1CCCN(Sc2ccc(F)cc2)C1. The van der Waals surface area contributed by atoms with Crippen molar-refractivity contribution in [3.8, 4) is 0 Å². The molecule has 1 heterocycles. The van der Waals surface area contributed by atoms with Crippen LogP contribution in [-0.4, -0.2) is 29.8 Å². The predicted molar refractivity (Wildman–Crippen MR) is 99.7 cm³/mol. The third-order valence-corrected chi connectivity index (χ3v) is 5.43. The summed E-state index contributed by atoms with van der Waals surface area (Å²) in [7, 11) is 0. The number of benzene rings is 2. The number of halogens is 1. The Labute approximate surface area is 152 Å². The lowest BCUT2D eigenvalue weighted by Gasteiger charge is -2.30. The minimum absolute atomic E-state index is 0.0254. The van der Waals surface area contributed by atoms with Crippen molar-refractivity contribution in [2.75, 3.05) is 19.6 Å². The molecule has 0 radical (unpaired) electrons. The Morgan fingerprint density at radius 1 is 1.16 bits per heavy atom. The summed E-state index contributed by atoms with van der Waals surface area (Å²) < 4.78 is 15.2. The quantitative estimate of drug-likeness (QED) is 0.795. The number of nitrogens with one attached hydrogen (secondary N) is 1. The molecule has 3 rings (SSSR count). The summed E-state index contributed by atoms with van der Waals surface area (Å²) in [6.45, 7) is 2.36. The first kappa shape index (κ1) is 18.0. The van der Waals surface area contributed by atoms with Crippen LogP contribution in [0.1, 0.15) is 18.4 Å². The zero-order valence-corrected chi connectivity index (χ0v) is 15.0. The van der Waals surface area contributed by atoms with E-state index in [0.29, 0.717) is 6.54 Å². The highest BCUT2D eigenvalue weighted by Crippen LogP contribution is 2.28. The Morgan fingerprint density at radius 3 is 2.68 bits per heavy atom. The number of rotatable bonds is 6. The molecule has 1 N–H and O–H groups in total. The average Bonchev–Trinajstić information content (AvgIpc) is 2.65. The number of carbonyl (C=O) groups is 1. The molecule has 0 saturated carbocycles. The summed E-state index contributed by atoms with van der Waals surface area (Å²) in [4.78, 5) is 13.4. The molecule has 1 unspecified atom stereocenters. The highest BCUT2D eigenvalue weighted by molar-refractivity contribution is 7.97. The summed E-state index contributed by atoms with van der Waals surface area (Å²) in [5.41, 5.74) is 1.24. The van der Waals surface area contributed by atoms with E-state index in [1.165, 1.54) is 17.7 Å². The average molecular weight is 358 g/mol. The van der Waals surface area contributed by atoms with Gasteiger partial charge in [0, 0.05) is 24.5 Å². The fraction of sp³-hybridized carbons (Fsp3) is 0.350. The van der Waals surface area contributed by atoms with E-state index in [-0.39, 0.29) is 17.6 Å². The van der Waals surface area contributed by atoms with Crippen LogP contribution in [0.3, 0.4) is 0 Å². The maximum Gasteiger partial charge on any atom is 0.224 e. The van der Waals surface area contributed by atoms with Crippen molar-refractivity contribution < 1.29 is 9.18 Å². The fourth-order valence-corrected chi connectivity index (χ4v) is 4.03. The van der Waals surface area contributed by atoms with Gasteiger partial charge >= 0.3 is 0 Å². The Bertz CT molecular complexity index is 678. The minimum atomic E-state index is -0.223. The molecule has 3 nitrogen and oxygen atoms in total. The number of nitrogens with zero attached hydrogens (tertiary/aromatic N) is 1. The Balaban J connectivity index is 1.45. The van der Waals surface area contributed by atoms with Gasteiger partial charge < -0.3 is 5.32 Å². The van der Waals surface area contributed by atoms with Gasteiger partial charge in [0.2, 0.25) is 5.91 Å². The van der Waals surface area contributed by atoms with Gasteiger partial charge in [0.15, 0.2) is 0 Å². The number of amides is 1. The summed E-state index contributed by atoms with van der Waals surface area (Å²) in [6, 6.07) is 16.7. The van der Waals surface area contributed by atoms with Gasteiger partial charge in [0.1, 0.15) is 5.82 Å². The molecule has 1 aliphatic rings. The molecular formula is C20H23FN2OS. The number of carbonyl (C=O) groups excluding carboxylic acids is 1. The maximum atomic E-state index is 13.0. The molecule has 0 bridgehead atoms. The molecule has 25 heavy (non-hydrogen) atoms. The van der Waals surface area contributed by atoms with Gasteiger partial charge in [-0.25, -0.2) is 8.70 Å². The molecule has 132 valence electrons. The Hall–Kier alpha value is -1.85. The second-order valence-corrected chi connectivity index (χ2v) is 7.47. The zero-order valence-electron chi connectivity index (χ0n) is 14.2. The first-order valence-electron chi connectivity index (χ1n) is 8.71. The fourth-order valence-electron chi connectivity index (χ4n) is 3.00. The van der Waals surface area contributed by atoms with E-state index < -0.39 is 0 Å². The monoisotopic (exact) mass is 358 g/mol. The van der Waals surface area contributed by atoms with Gasteiger partial charge in [-0.3, -0.25) is 4.79 Å². The molecule has 0 aromatic heterocycles. The van der Waals surface area contributed by atoms with Crippen LogP contribution in [-0.2, 0) is 11.2 Å². The molecule has 1 amide bonds. The predicted octanol–water partition coefficient (Wildman–Crippen LogP) is 3.90. The van der Waals surface area contributed by atoms with Crippen molar-refractivity contribution in [1.29, 1.82) is 0 Å². The van der Waals surface area contributed by atoms with Crippen LogP contribution in [0.2, 0.25) is 0 Å². The lowest BCUT2D eigenvalue weighted by Crippen LogP contribution is -2.41. The molecule has 2 aromatic carbocycles. The molecule has 0 spiro atoms. The van der Waals surface area contributed by atoms with Crippen molar-refractivity contribution in [3.63, 3.8) is 0 Å². The van der Waals surface area contributed by atoms with Gasteiger partial charge in [-0.1, -0.05) is 30.3 Å². The van der Waals surface area contributed by atoms with Gasteiger partial charge in [0.25, 0.3) is 0 Å². The Morgan fingerprint density at radius 2 is 1.92 bits per heavy atom. The molecule has 5 heteroatoms. The first-order valence-corrected chi connectivity index (χ1v) is 9.48. The number of hydrogen-bond acceptors (Lipinski definition) is 3. The van der Waals surface area contributed by atoms with Crippen LogP contribution in [0.4, 0.5) is 4.39 Å². The van der Waals surface area contributed by atoms with E-state index >= 15 is 0 Å². The van der Waals surface area contributed by atoms with Crippen LogP contribution in [0.15, 0.2) is 59.5 Å². The lowest BCUT2D eigenvalue weighted by atomic mass is 9.99. The standard InChI is InChI=1S/C20H23FN2OS/c21-18-8-10-19(11-9-18)25-23-14-4-7-17(15-23)20(24)22-13-12-16-5-2-1-3-6-16/h1-3,5-6,8-11,17H,4,7,12-15H2,(H,22,24). The summed E-state index contributed by atoms with van der Waals surface area (Å²) in [5.74, 6) is -0.0588. The van der Waals surface area contributed by atoms with Gasteiger partial charge in [-0.2, -0.15) is 0 Å². The highest BCUT2D eigenvalue weighted by atomic mass is 32.2. The van der Waals surface area contributed by atoms with Crippen LogP contribution in [0.5, 0.6) is 0 Å². The molecular weight excluding hydrogens is 335 g/mol. The Kier molecular flexibility index (Phi) is 6.48. The molecule has 0 aliphatic carbocycles. The third-order valence-electron chi connectivity index (χ3n) is 4.36. The number of piperidine rings is 1. The molecule has 1 saturated heterocycles. The van der Waals surface area contributed by atoms with Crippen LogP contribution < -0.4 is 5.32 Å². The van der Waals surface area contributed by atoms with Crippen LogP contribution in [0, 0.1) is 11.7 Å². The normalized spacial score (nSPS) is 18.0. The number of hydrogen-bond donors (Lipinski definition) is 1. The highest BCUT2D eigenvalue weighted by Gasteiger charge is 2.26. The molecule has 1 fully saturated rings. The van der Waals surface area contributed by atoms with Crippen molar-refractivity contribution in [2.45, 2.75) is 24.2 Å².